The van der Waals surface area contributed by atoms with E-state index in [1.807, 2.05) is 61.5 Å². The maximum atomic E-state index is 12.5. The summed E-state index contributed by atoms with van der Waals surface area (Å²) in [7, 11) is 0. The van der Waals surface area contributed by atoms with Crippen molar-refractivity contribution in [3.63, 3.8) is 0 Å². The first-order chi connectivity index (χ1) is 13.1. The molecule has 2 aromatic carbocycles. The Morgan fingerprint density at radius 2 is 1.89 bits per heavy atom. The number of benzene rings is 2. The zero-order valence-electron chi connectivity index (χ0n) is 14.9. The van der Waals surface area contributed by atoms with Gasteiger partial charge >= 0.3 is 0 Å². The van der Waals surface area contributed by atoms with Crippen LogP contribution in [0.3, 0.4) is 0 Å². The summed E-state index contributed by atoms with van der Waals surface area (Å²) in [5.41, 5.74) is 3.87. The molecule has 4 rings (SSSR count). The average molecular weight is 423 g/mol. The van der Waals surface area contributed by atoms with Gasteiger partial charge in [0.25, 0.3) is 0 Å². The van der Waals surface area contributed by atoms with E-state index in [4.69, 9.17) is 0 Å². The molecule has 3 aromatic rings. The second-order valence-corrected chi connectivity index (χ2v) is 7.54. The summed E-state index contributed by atoms with van der Waals surface area (Å²) in [5.74, 6) is 0.863. The lowest BCUT2D eigenvalue weighted by Gasteiger charge is -2.39. The maximum absolute atomic E-state index is 12.5. The predicted octanol–water partition coefficient (Wildman–Crippen LogP) is 4.29. The molecule has 27 heavy (non-hydrogen) atoms. The minimum atomic E-state index is -0.0379. The summed E-state index contributed by atoms with van der Waals surface area (Å²) in [6, 6.07) is 17.8. The van der Waals surface area contributed by atoms with E-state index in [9.17, 15) is 4.79 Å². The molecule has 5 nitrogen and oxygen atoms in total. The molecule has 6 heteroatoms. The van der Waals surface area contributed by atoms with E-state index in [0.717, 1.165) is 32.8 Å². The van der Waals surface area contributed by atoms with Crippen molar-refractivity contribution in [1.82, 2.24) is 9.97 Å². The fourth-order valence-electron chi connectivity index (χ4n) is 3.08. The normalized spacial score (nSPS) is 13.9. The van der Waals surface area contributed by atoms with Crippen LogP contribution in [-0.4, -0.2) is 29.0 Å². The summed E-state index contributed by atoms with van der Waals surface area (Å²) >= 11 is 3.47. The van der Waals surface area contributed by atoms with Crippen molar-refractivity contribution < 1.29 is 4.79 Å². The summed E-state index contributed by atoms with van der Waals surface area (Å²) in [6.07, 6.45) is 1.58. The Hall–Kier alpha value is -2.73. The van der Waals surface area contributed by atoms with E-state index in [1.54, 1.807) is 6.33 Å². The van der Waals surface area contributed by atoms with Crippen LogP contribution in [0, 0.1) is 12.8 Å². The van der Waals surface area contributed by atoms with Gasteiger partial charge in [-0.1, -0.05) is 46.3 Å². The highest BCUT2D eigenvalue weighted by atomic mass is 79.9. The molecular formula is C21H19BrN4O. The molecule has 0 unspecified atom stereocenters. The number of carbonyl (C=O) groups is 1. The van der Waals surface area contributed by atoms with Gasteiger partial charge in [-0.25, -0.2) is 9.97 Å². The lowest BCUT2D eigenvalue weighted by atomic mass is 9.98. The van der Waals surface area contributed by atoms with Crippen LogP contribution < -0.4 is 10.2 Å². The van der Waals surface area contributed by atoms with Crippen molar-refractivity contribution in [2.45, 2.75) is 6.92 Å². The van der Waals surface area contributed by atoms with Crippen LogP contribution in [0.1, 0.15) is 5.56 Å². The Balaban J connectivity index is 1.39. The smallest absolute Gasteiger partial charge is 0.231 e. The molecule has 0 spiro atoms. The quantitative estimate of drug-likeness (QED) is 0.680. The maximum Gasteiger partial charge on any atom is 0.231 e. The number of hydrogen-bond acceptors (Lipinski definition) is 4. The molecule has 0 aliphatic carbocycles. The van der Waals surface area contributed by atoms with Gasteiger partial charge in [-0.2, -0.15) is 0 Å². The lowest BCUT2D eigenvalue weighted by molar-refractivity contribution is -0.120. The van der Waals surface area contributed by atoms with Crippen LogP contribution in [0.4, 0.5) is 11.5 Å². The van der Waals surface area contributed by atoms with Crippen LogP contribution in [0.5, 0.6) is 0 Å². The fraction of sp³-hybridized carbons (Fsp3) is 0.190. The number of nitrogens with zero attached hydrogens (tertiary/aromatic N) is 3. The van der Waals surface area contributed by atoms with Crippen LogP contribution in [0.15, 0.2) is 65.4 Å². The van der Waals surface area contributed by atoms with Crippen molar-refractivity contribution in [2.24, 2.45) is 5.92 Å². The molecule has 0 radical (unpaired) electrons. The Bertz CT molecular complexity index is 971. The Morgan fingerprint density at radius 1 is 1.11 bits per heavy atom. The highest BCUT2D eigenvalue weighted by Gasteiger charge is 2.33. The number of halogens is 1. The standard InChI is InChI=1S/C21H19BrN4O/c1-14-9-17(7-8-18(14)22)25-21(27)16-11-26(12-16)20-10-19(23-13-24-20)15-5-3-2-4-6-15/h2-10,13,16H,11-12H2,1H3,(H,25,27). The van der Waals surface area contributed by atoms with E-state index in [-0.39, 0.29) is 11.8 Å². The number of nitrogens with one attached hydrogen (secondary N) is 1. The van der Waals surface area contributed by atoms with Gasteiger partial charge in [0.2, 0.25) is 5.91 Å². The van der Waals surface area contributed by atoms with Crippen molar-refractivity contribution >= 4 is 33.3 Å². The van der Waals surface area contributed by atoms with Crippen LogP contribution in [0.2, 0.25) is 0 Å². The van der Waals surface area contributed by atoms with Gasteiger partial charge in [0.1, 0.15) is 12.1 Å². The SMILES string of the molecule is Cc1cc(NC(=O)C2CN(c3cc(-c4ccccc4)ncn3)C2)ccc1Br. The summed E-state index contributed by atoms with van der Waals surface area (Å²) in [4.78, 5) is 23.3. The van der Waals surface area contributed by atoms with Gasteiger partial charge in [-0.15, -0.1) is 0 Å². The number of hydrogen-bond donors (Lipinski definition) is 1. The highest BCUT2D eigenvalue weighted by Crippen LogP contribution is 2.27. The van der Waals surface area contributed by atoms with Gasteiger partial charge < -0.3 is 10.2 Å². The second kappa shape index (κ2) is 7.48. The van der Waals surface area contributed by atoms with E-state index in [0.29, 0.717) is 13.1 Å². The molecule has 1 N–H and O–H groups in total. The molecule has 136 valence electrons. The third-order valence-corrected chi connectivity index (χ3v) is 5.61. The Labute approximate surface area is 166 Å². The number of rotatable bonds is 4. The fourth-order valence-corrected chi connectivity index (χ4v) is 3.33. The summed E-state index contributed by atoms with van der Waals surface area (Å²) in [6.45, 7) is 3.32. The predicted molar refractivity (Wildman–Crippen MR) is 111 cm³/mol. The third-order valence-electron chi connectivity index (χ3n) is 4.72. The molecule has 1 fully saturated rings. The van der Waals surface area contributed by atoms with Crippen molar-refractivity contribution in [3.8, 4) is 11.3 Å². The molecular weight excluding hydrogens is 404 g/mol. The average Bonchev–Trinajstić information content (AvgIpc) is 2.64. The molecule has 2 heterocycles. The summed E-state index contributed by atoms with van der Waals surface area (Å²) in [5, 5.41) is 3.00. The minimum Gasteiger partial charge on any atom is -0.355 e. The summed E-state index contributed by atoms with van der Waals surface area (Å²) < 4.78 is 1.04. The first kappa shape index (κ1) is 17.7. The second-order valence-electron chi connectivity index (χ2n) is 6.68. The van der Waals surface area contributed by atoms with Gasteiger partial charge in [0.05, 0.1) is 11.6 Å². The van der Waals surface area contributed by atoms with Crippen LogP contribution >= 0.6 is 15.9 Å². The Morgan fingerprint density at radius 3 is 2.63 bits per heavy atom. The van der Waals surface area contributed by atoms with Crippen molar-refractivity contribution in [3.05, 3.63) is 71.0 Å². The van der Waals surface area contributed by atoms with E-state index >= 15 is 0 Å². The zero-order chi connectivity index (χ0) is 18.8. The number of aryl methyl sites for hydroxylation is 1. The molecule has 1 saturated heterocycles. The molecule has 1 amide bonds. The number of carbonyl (C=O) groups excluding carboxylic acids is 1. The third kappa shape index (κ3) is 3.85. The number of aromatic nitrogens is 2. The minimum absolute atomic E-state index is 0.0379. The van der Waals surface area contributed by atoms with Crippen molar-refractivity contribution in [2.75, 3.05) is 23.3 Å². The highest BCUT2D eigenvalue weighted by molar-refractivity contribution is 9.10. The van der Waals surface area contributed by atoms with Crippen LogP contribution in [-0.2, 0) is 4.79 Å². The van der Waals surface area contributed by atoms with E-state index < -0.39 is 0 Å². The number of amides is 1. The van der Waals surface area contributed by atoms with Gasteiger partial charge in [-0.05, 0) is 30.7 Å². The monoisotopic (exact) mass is 422 g/mol. The molecule has 0 bridgehead atoms. The van der Waals surface area contributed by atoms with Crippen LogP contribution in [0.25, 0.3) is 11.3 Å². The molecule has 1 aliphatic heterocycles. The topological polar surface area (TPSA) is 58.1 Å². The van der Waals surface area contributed by atoms with Gasteiger partial charge in [0.15, 0.2) is 0 Å². The molecule has 0 saturated carbocycles. The van der Waals surface area contributed by atoms with Gasteiger partial charge in [0, 0.05) is 34.9 Å². The molecule has 0 atom stereocenters. The first-order valence-electron chi connectivity index (χ1n) is 8.79. The van der Waals surface area contributed by atoms with Crippen molar-refractivity contribution in [1.29, 1.82) is 0 Å². The zero-order valence-corrected chi connectivity index (χ0v) is 16.5. The Kier molecular flexibility index (Phi) is 4.90. The molecule has 1 aromatic heterocycles. The van der Waals surface area contributed by atoms with E-state index in [1.165, 1.54) is 0 Å². The molecule has 1 aliphatic rings. The number of anilines is 2. The van der Waals surface area contributed by atoms with Gasteiger partial charge in [-0.3, -0.25) is 4.79 Å². The first-order valence-corrected chi connectivity index (χ1v) is 9.59. The van der Waals surface area contributed by atoms with E-state index in [2.05, 4.69) is 36.1 Å². The lowest BCUT2D eigenvalue weighted by Crippen LogP contribution is -2.52. The largest absolute Gasteiger partial charge is 0.355 e.